The molecule has 13 heteroatoms. The van der Waals surface area contributed by atoms with Crippen LogP contribution in [-0.4, -0.2) is 109 Å². The van der Waals surface area contributed by atoms with Crippen LogP contribution in [0, 0.1) is 0 Å². The van der Waals surface area contributed by atoms with E-state index in [2.05, 4.69) is 4.98 Å². The van der Waals surface area contributed by atoms with Gasteiger partial charge < -0.3 is 30.5 Å². The number of H-pyrrole nitrogens is 1. The van der Waals surface area contributed by atoms with Crippen molar-refractivity contribution in [3.05, 3.63) is 24.0 Å². The molecule has 0 radical (unpaired) electrons. The highest BCUT2D eigenvalue weighted by molar-refractivity contribution is 5.73. The predicted molar refractivity (Wildman–Crippen MR) is 95.6 cm³/mol. The lowest BCUT2D eigenvalue weighted by atomic mass is 10.2. The molecular formula is C16H23N3O10. The van der Waals surface area contributed by atoms with Crippen molar-refractivity contribution in [2.75, 3.05) is 39.3 Å². The first-order valence-corrected chi connectivity index (χ1v) is 8.15. The van der Waals surface area contributed by atoms with Crippen LogP contribution in [-0.2, 0) is 30.4 Å². The van der Waals surface area contributed by atoms with E-state index in [0.29, 0.717) is 0 Å². The van der Waals surface area contributed by atoms with Gasteiger partial charge in [0, 0.05) is 25.5 Å². The Labute approximate surface area is 164 Å². The fraction of sp³-hybridized carbons (Fsp3) is 0.438. The molecule has 0 spiro atoms. The number of aliphatic carboxylic acids is 5. The molecule has 1 aromatic rings. The number of hydrogen-bond donors (Lipinski definition) is 6. The van der Waals surface area contributed by atoms with E-state index < -0.39 is 56.0 Å². The monoisotopic (exact) mass is 417 g/mol. The van der Waals surface area contributed by atoms with Gasteiger partial charge in [-0.3, -0.25) is 33.8 Å². The molecule has 162 valence electrons. The molecule has 0 bridgehead atoms. The Morgan fingerprint density at radius 3 is 1.31 bits per heavy atom. The lowest BCUT2D eigenvalue weighted by Gasteiger charge is -2.23. The Morgan fingerprint density at radius 1 is 0.690 bits per heavy atom. The fourth-order valence-electron chi connectivity index (χ4n) is 2.12. The van der Waals surface area contributed by atoms with Crippen molar-refractivity contribution in [1.82, 2.24) is 14.8 Å². The molecular weight excluding hydrogens is 394 g/mol. The van der Waals surface area contributed by atoms with Crippen molar-refractivity contribution < 1.29 is 49.5 Å². The number of carboxylic acid groups (broad SMARTS) is 5. The maximum atomic E-state index is 10.6. The van der Waals surface area contributed by atoms with E-state index in [1.54, 1.807) is 18.5 Å². The normalized spacial score (nSPS) is 10.3. The number of carboxylic acids is 5. The van der Waals surface area contributed by atoms with E-state index in [-0.39, 0.29) is 19.5 Å². The number of carbonyl (C=O) groups is 5. The molecule has 1 heterocycles. The van der Waals surface area contributed by atoms with Crippen molar-refractivity contribution in [1.29, 1.82) is 0 Å². The van der Waals surface area contributed by atoms with Crippen LogP contribution < -0.4 is 0 Å². The second kappa shape index (κ2) is 13.7. The van der Waals surface area contributed by atoms with Crippen LogP contribution in [0.2, 0.25) is 0 Å². The molecule has 0 unspecified atom stereocenters. The molecule has 6 N–H and O–H groups in total. The highest BCUT2D eigenvalue weighted by atomic mass is 16.4. The molecule has 0 saturated heterocycles. The van der Waals surface area contributed by atoms with Crippen LogP contribution in [0.15, 0.2) is 18.5 Å². The Bertz CT molecular complexity index is 621. The van der Waals surface area contributed by atoms with Crippen LogP contribution in [0.1, 0.15) is 5.56 Å². The smallest absolute Gasteiger partial charge is 0.317 e. The maximum Gasteiger partial charge on any atom is 0.317 e. The molecule has 0 aromatic carbocycles. The average Bonchev–Trinajstić information content (AvgIpc) is 3.03. The first-order chi connectivity index (χ1) is 13.5. The fourth-order valence-corrected chi connectivity index (χ4v) is 2.12. The van der Waals surface area contributed by atoms with Gasteiger partial charge in [0.2, 0.25) is 0 Å². The second-order valence-corrected chi connectivity index (χ2v) is 5.79. The summed E-state index contributed by atoms with van der Waals surface area (Å²) in [6, 6.07) is 1.74. The standard InChI is InChI=1S/C10H16N2O8.C6H7NO2/c13-7(14)3-11(4-8(15)16)1-2-12(5-9(17)18)6-10(19)20;8-6(9)3-5-1-2-7-4-5/h1-6H2,(H,13,14)(H,15,16)(H,17,18)(H,19,20);1-2,4,7H,3H2,(H,8,9). The van der Waals surface area contributed by atoms with Crippen LogP contribution in [0.25, 0.3) is 0 Å². The topological polar surface area (TPSA) is 209 Å². The number of aromatic nitrogens is 1. The van der Waals surface area contributed by atoms with Gasteiger partial charge in [-0.15, -0.1) is 0 Å². The minimum absolute atomic E-state index is 0.0703. The molecule has 0 amide bonds. The summed E-state index contributed by atoms with van der Waals surface area (Å²) in [5.41, 5.74) is 0.808. The Kier molecular flexibility index (Phi) is 12.1. The third-order valence-electron chi connectivity index (χ3n) is 3.19. The van der Waals surface area contributed by atoms with Gasteiger partial charge in [-0.2, -0.15) is 0 Å². The second-order valence-electron chi connectivity index (χ2n) is 5.79. The lowest BCUT2D eigenvalue weighted by Crippen LogP contribution is -2.43. The number of rotatable bonds is 13. The Balaban J connectivity index is 0.000000717. The third kappa shape index (κ3) is 15.3. The van der Waals surface area contributed by atoms with E-state index in [1.807, 2.05) is 0 Å². The molecule has 0 fully saturated rings. The van der Waals surface area contributed by atoms with Gasteiger partial charge in [0.15, 0.2) is 0 Å². The Morgan fingerprint density at radius 2 is 1.07 bits per heavy atom. The van der Waals surface area contributed by atoms with Crippen LogP contribution in [0.4, 0.5) is 0 Å². The van der Waals surface area contributed by atoms with Gasteiger partial charge in [-0.05, 0) is 11.6 Å². The van der Waals surface area contributed by atoms with Crippen LogP contribution in [0.5, 0.6) is 0 Å². The van der Waals surface area contributed by atoms with Gasteiger partial charge >= 0.3 is 29.8 Å². The Hall–Kier alpha value is -3.45. The van der Waals surface area contributed by atoms with Crippen molar-refractivity contribution in [2.24, 2.45) is 0 Å². The zero-order valence-electron chi connectivity index (χ0n) is 15.4. The quantitative estimate of drug-likeness (QED) is 0.218. The highest BCUT2D eigenvalue weighted by Crippen LogP contribution is 1.96. The van der Waals surface area contributed by atoms with Gasteiger partial charge in [-0.1, -0.05) is 0 Å². The number of hydrogen-bond acceptors (Lipinski definition) is 7. The summed E-state index contributed by atoms with van der Waals surface area (Å²) < 4.78 is 0. The third-order valence-corrected chi connectivity index (χ3v) is 3.19. The van der Waals surface area contributed by atoms with Crippen molar-refractivity contribution in [3.63, 3.8) is 0 Å². The summed E-state index contributed by atoms with van der Waals surface area (Å²) >= 11 is 0. The molecule has 1 rings (SSSR count). The number of nitrogens with one attached hydrogen (secondary N) is 1. The van der Waals surface area contributed by atoms with E-state index in [4.69, 9.17) is 25.5 Å². The molecule has 1 aromatic heterocycles. The summed E-state index contributed by atoms with van der Waals surface area (Å²) in [5, 5.41) is 42.7. The van der Waals surface area contributed by atoms with Crippen LogP contribution >= 0.6 is 0 Å². The summed E-state index contributed by atoms with van der Waals surface area (Å²) in [6.07, 6.45) is 3.48. The zero-order chi connectivity index (χ0) is 22.4. The largest absolute Gasteiger partial charge is 0.481 e. The molecule has 0 atom stereocenters. The molecule has 0 aliphatic carbocycles. The average molecular weight is 417 g/mol. The minimum Gasteiger partial charge on any atom is -0.481 e. The molecule has 0 aliphatic rings. The van der Waals surface area contributed by atoms with Gasteiger partial charge in [0.25, 0.3) is 0 Å². The first kappa shape index (κ1) is 25.6. The highest BCUT2D eigenvalue weighted by Gasteiger charge is 2.18. The SMILES string of the molecule is O=C(O)CN(CCN(CC(=O)O)CC(=O)O)CC(=O)O.O=C(O)Cc1cc[nH]c1. The molecule has 0 saturated carbocycles. The van der Waals surface area contributed by atoms with Gasteiger partial charge in [0.05, 0.1) is 32.6 Å². The van der Waals surface area contributed by atoms with E-state index in [9.17, 15) is 24.0 Å². The molecule has 13 nitrogen and oxygen atoms in total. The summed E-state index contributed by atoms with van der Waals surface area (Å²) in [5.74, 6) is -5.71. The number of nitrogens with zero attached hydrogens (tertiary/aromatic N) is 2. The van der Waals surface area contributed by atoms with Gasteiger partial charge in [-0.25, -0.2) is 0 Å². The molecule has 29 heavy (non-hydrogen) atoms. The minimum atomic E-state index is -1.23. The van der Waals surface area contributed by atoms with Crippen molar-refractivity contribution in [2.45, 2.75) is 6.42 Å². The van der Waals surface area contributed by atoms with Crippen molar-refractivity contribution in [3.8, 4) is 0 Å². The van der Waals surface area contributed by atoms with E-state index in [0.717, 1.165) is 15.4 Å². The van der Waals surface area contributed by atoms with Crippen molar-refractivity contribution >= 4 is 29.8 Å². The van der Waals surface area contributed by atoms with E-state index >= 15 is 0 Å². The van der Waals surface area contributed by atoms with Gasteiger partial charge in [0.1, 0.15) is 0 Å². The van der Waals surface area contributed by atoms with Crippen LogP contribution in [0.3, 0.4) is 0 Å². The van der Waals surface area contributed by atoms with E-state index in [1.165, 1.54) is 0 Å². The lowest BCUT2D eigenvalue weighted by molar-refractivity contribution is -0.145. The summed E-state index contributed by atoms with van der Waals surface area (Å²) in [6.45, 7) is -2.25. The summed E-state index contributed by atoms with van der Waals surface area (Å²) in [7, 11) is 0. The predicted octanol–water partition coefficient (Wildman–Crippen LogP) is -1.43. The number of aromatic amines is 1. The first-order valence-electron chi connectivity index (χ1n) is 8.15. The maximum absolute atomic E-state index is 10.6. The zero-order valence-corrected chi connectivity index (χ0v) is 15.4. The summed E-state index contributed by atoms with van der Waals surface area (Å²) in [4.78, 5) is 57.2. The molecule has 0 aliphatic heterocycles.